The summed E-state index contributed by atoms with van der Waals surface area (Å²) < 4.78 is 32.9. The van der Waals surface area contributed by atoms with Gasteiger partial charge in [0.25, 0.3) is 0 Å². The van der Waals surface area contributed by atoms with Gasteiger partial charge in [0.15, 0.2) is 0 Å². The molecule has 0 heterocycles. The van der Waals surface area contributed by atoms with Crippen molar-refractivity contribution in [3.8, 4) is 5.75 Å². The van der Waals surface area contributed by atoms with Gasteiger partial charge in [0.1, 0.15) is 5.75 Å². The van der Waals surface area contributed by atoms with Crippen molar-refractivity contribution in [3.05, 3.63) is 56.5 Å². The standard InChI is InChI=1S/C15H14BrCl2NO3S/c1-22-15-5-2-10(8-12(15)16)6-7-19-23(20,21)11-3-4-13(17)14(18)9-11/h2-5,8-9,19H,6-7H2,1H3. The van der Waals surface area contributed by atoms with Gasteiger partial charge in [0.05, 0.1) is 26.5 Å². The van der Waals surface area contributed by atoms with Crippen molar-refractivity contribution < 1.29 is 13.2 Å². The molecule has 2 rings (SSSR count). The molecule has 0 radical (unpaired) electrons. The minimum Gasteiger partial charge on any atom is -0.496 e. The molecule has 4 nitrogen and oxygen atoms in total. The Morgan fingerprint density at radius 3 is 2.48 bits per heavy atom. The van der Waals surface area contributed by atoms with E-state index in [0.29, 0.717) is 11.4 Å². The zero-order chi connectivity index (χ0) is 17.0. The predicted octanol–water partition coefficient (Wildman–Crippen LogP) is 4.29. The van der Waals surface area contributed by atoms with Gasteiger partial charge in [0.2, 0.25) is 10.0 Å². The lowest BCUT2D eigenvalue weighted by atomic mass is 10.1. The van der Waals surface area contributed by atoms with Crippen LogP contribution in [0.2, 0.25) is 10.0 Å². The molecule has 0 amide bonds. The summed E-state index contributed by atoms with van der Waals surface area (Å²) >= 11 is 15.0. The van der Waals surface area contributed by atoms with Gasteiger partial charge in [-0.15, -0.1) is 0 Å². The first-order chi connectivity index (χ1) is 10.8. The molecule has 2 aromatic carbocycles. The number of halogens is 3. The Bertz CT molecular complexity index is 812. The molecule has 2 aromatic rings. The van der Waals surface area contributed by atoms with E-state index < -0.39 is 10.0 Å². The monoisotopic (exact) mass is 437 g/mol. The van der Waals surface area contributed by atoms with Gasteiger partial charge < -0.3 is 4.74 Å². The quantitative estimate of drug-likeness (QED) is 0.731. The SMILES string of the molecule is COc1ccc(CCNS(=O)(=O)c2ccc(Cl)c(Cl)c2)cc1Br. The average Bonchev–Trinajstić information content (AvgIpc) is 2.50. The van der Waals surface area contributed by atoms with E-state index >= 15 is 0 Å². The highest BCUT2D eigenvalue weighted by molar-refractivity contribution is 9.10. The number of rotatable bonds is 6. The van der Waals surface area contributed by atoms with E-state index in [2.05, 4.69) is 20.7 Å². The summed E-state index contributed by atoms with van der Waals surface area (Å²) in [6, 6.07) is 9.81. The molecule has 124 valence electrons. The van der Waals surface area contributed by atoms with Crippen LogP contribution in [-0.4, -0.2) is 22.1 Å². The molecule has 0 aliphatic heterocycles. The number of methoxy groups -OCH3 is 1. The van der Waals surface area contributed by atoms with Crippen LogP contribution in [0, 0.1) is 0 Å². The van der Waals surface area contributed by atoms with E-state index in [9.17, 15) is 8.42 Å². The third-order valence-electron chi connectivity index (χ3n) is 3.12. The number of sulfonamides is 1. The van der Waals surface area contributed by atoms with Gasteiger partial charge in [0, 0.05) is 6.54 Å². The van der Waals surface area contributed by atoms with Gasteiger partial charge in [-0.25, -0.2) is 13.1 Å². The van der Waals surface area contributed by atoms with Crippen molar-refractivity contribution in [2.75, 3.05) is 13.7 Å². The fourth-order valence-electron chi connectivity index (χ4n) is 1.92. The van der Waals surface area contributed by atoms with Crippen LogP contribution in [0.3, 0.4) is 0 Å². The van der Waals surface area contributed by atoms with Crippen LogP contribution in [0.5, 0.6) is 5.75 Å². The van der Waals surface area contributed by atoms with Crippen molar-refractivity contribution in [1.29, 1.82) is 0 Å². The van der Waals surface area contributed by atoms with Crippen molar-refractivity contribution >= 4 is 49.2 Å². The Hall–Kier alpha value is -0.790. The summed E-state index contributed by atoms with van der Waals surface area (Å²) in [7, 11) is -2.03. The topological polar surface area (TPSA) is 55.4 Å². The summed E-state index contributed by atoms with van der Waals surface area (Å²) in [6.07, 6.45) is 0.545. The van der Waals surface area contributed by atoms with E-state index in [1.165, 1.54) is 18.2 Å². The second kappa shape index (κ2) is 7.85. The summed E-state index contributed by atoms with van der Waals surface area (Å²) in [4.78, 5) is 0.0859. The molecule has 8 heteroatoms. The zero-order valence-corrected chi connectivity index (χ0v) is 16.1. The Morgan fingerprint density at radius 2 is 1.87 bits per heavy atom. The van der Waals surface area contributed by atoms with Crippen LogP contribution in [0.1, 0.15) is 5.56 Å². The van der Waals surface area contributed by atoms with E-state index in [4.69, 9.17) is 27.9 Å². The fourth-order valence-corrected chi connectivity index (χ4v) is 3.93. The summed E-state index contributed by atoms with van der Waals surface area (Å²) in [5, 5.41) is 0.516. The van der Waals surface area contributed by atoms with Crippen LogP contribution in [0.15, 0.2) is 45.8 Å². The third kappa shape index (κ3) is 4.84. The highest BCUT2D eigenvalue weighted by atomic mass is 79.9. The molecule has 0 saturated carbocycles. The minimum absolute atomic E-state index is 0.0859. The average molecular weight is 439 g/mol. The van der Waals surface area contributed by atoms with Gasteiger partial charge in [-0.3, -0.25) is 0 Å². The molecule has 23 heavy (non-hydrogen) atoms. The van der Waals surface area contributed by atoms with Gasteiger partial charge in [-0.2, -0.15) is 0 Å². The maximum atomic E-state index is 12.2. The Kier molecular flexibility index (Phi) is 6.33. The van der Waals surface area contributed by atoms with Crippen molar-refractivity contribution in [1.82, 2.24) is 4.72 Å². The first-order valence-corrected chi connectivity index (χ1v) is 9.64. The number of nitrogens with one attached hydrogen (secondary N) is 1. The lowest BCUT2D eigenvalue weighted by Gasteiger charge is -2.09. The maximum absolute atomic E-state index is 12.2. The van der Waals surface area contributed by atoms with Crippen molar-refractivity contribution in [2.24, 2.45) is 0 Å². The van der Waals surface area contributed by atoms with Crippen LogP contribution < -0.4 is 9.46 Å². The van der Waals surface area contributed by atoms with E-state index in [1.54, 1.807) is 7.11 Å². The van der Waals surface area contributed by atoms with Crippen LogP contribution in [-0.2, 0) is 16.4 Å². The fraction of sp³-hybridized carbons (Fsp3) is 0.200. The molecule has 0 atom stereocenters. The molecular weight excluding hydrogens is 425 g/mol. The molecule has 0 spiro atoms. The number of benzene rings is 2. The van der Waals surface area contributed by atoms with Crippen molar-refractivity contribution in [3.63, 3.8) is 0 Å². The molecule has 0 aliphatic rings. The smallest absolute Gasteiger partial charge is 0.240 e. The second-order valence-electron chi connectivity index (χ2n) is 4.69. The van der Waals surface area contributed by atoms with E-state index in [-0.39, 0.29) is 16.5 Å². The van der Waals surface area contributed by atoms with E-state index in [1.807, 2.05) is 18.2 Å². The minimum atomic E-state index is -3.62. The van der Waals surface area contributed by atoms with Gasteiger partial charge >= 0.3 is 0 Å². The lowest BCUT2D eigenvalue weighted by molar-refractivity contribution is 0.412. The molecule has 0 bridgehead atoms. The molecule has 0 saturated heterocycles. The summed E-state index contributed by atoms with van der Waals surface area (Å²) in [6.45, 7) is 0.265. The molecule has 1 N–H and O–H groups in total. The largest absolute Gasteiger partial charge is 0.496 e. The van der Waals surface area contributed by atoms with Gasteiger partial charge in [-0.05, 0) is 58.2 Å². The van der Waals surface area contributed by atoms with Crippen LogP contribution in [0.4, 0.5) is 0 Å². The number of hydrogen-bond acceptors (Lipinski definition) is 3. The third-order valence-corrected chi connectivity index (χ3v) is 5.94. The first kappa shape index (κ1) is 18.5. The molecular formula is C15H14BrCl2NO3S. The molecule has 0 aromatic heterocycles. The highest BCUT2D eigenvalue weighted by Crippen LogP contribution is 2.26. The van der Waals surface area contributed by atoms with Gasteiger partial charge in [-0.1, -0.05) is 29.3 Å². The number of hydrogen-bond donors (Lipinski definition) is 1. The van der Waals surface area contributed by atoms with Crippen molar-refractivity contribution in [2.45, 2.75) is 11.3 Å². The number of ether oxygens (including phenoxy) is 1. The Balaban J connectivity index is 2.02. The second-order valence-corrected chi connectivity index (χ2v) is 8.13. The normalized spacial score (nSPS) is 11.5. The molecule has 0 unspecified atom stereocenters. The summed E-state index contributed by atoms with van der Waals surface area (Å²) in [5.74, 6) is 0.727. The zero-order valence-electron chi connectivity index (χ0n) is 12.1. The Labute approximate surface area is 153 Å². The van der Waals surface area contributed by atoms with E-state index in [0.717, 1.165) is 15.8 Å². The molecule has 0 fully saturated rings. The predicted molar refractivity (Wildman–Crippen MR) is 96.0 cm³/mol. The highest BCUT2D eigenvalue weighted by Gasteiger charge is 2.15. The lowest BCUT2D eigenvalue weighted by Crippen LogP contribution is -2.26. The van der Waals surface area contributed by atoms with Crippen LogP contribution in [0.25, 0.3) is 0 Å². The molecule has 0 aliphatic carbocycles. The maximum Gasteiger partial charge on any atom is 0.240 e. The summed E-state index contributed by atoms with van der Waals surface area (Å²) in [5.41, 5.74) is 0.981. The first-order valence-electron chi connectivity index (χ1n) is 6.60. The van der Waals surface area contributed by atoms with Crippen LogP contribution >= 0.6 is 39.1 Å². The Morgan fingerprint density at radius 1 is 1.13 bits per heavy atom.